The van der Waals surface area contributed by atoms with Crippen LogP contribution in [0.2, 0.25) is 0 Å². The quantitative estimate of drug-likeness (QED) is 0.762. The third-order valence-electron chi connectivity index (χ3n) is 3.53. The van der Waals surface area contributed by atoms with Crippen molar-refractivity contribution in [1.82, 2.24) is 15.3 Å². The minimum Gasteiger partial charge on any atom is -0.435 e. The Hall–Kier alpha value is -2.19. The Morgan fingerprint density at radius 3 is 3.00 bits per heavy atom. The fraction of sp³-hybridized carbons (Fsp3) is 0.333. The first-order valence-electron chi connectivity index (χ1n) is 7.22. The second-order valence-electron chi connectivity index (χ2n) is 5.15. The minimum atomic E-state index is -2.86. The van der Waals surface area contributed by atoms with Crippen molar-refractivity contribution in [2.75, 3.05) is 11.9 Å². The van der Waals surface area contributed by atoms with Crippen molar-refractivity contribution in [3.63, 3.8) is 0 Å². The van der Waals surface area contributed by atoms with Gasteiger partial charge in [-0.1, -0.05) is 12.1 Å². The van der Waals surface area contributed by atoms with Crippen LogP contribution in [0.3, 0.4) is 0 Å². The van der Waals surface area contributed by atoms with Crippen molar-refractivity contribution in [3.05, 3.63) is 51.4 Å². The number of nitrogens with one attached hydrogen (secondary N) is 3. The molecule has 2 heterocycles. The normalized spacial score (nSPS) is 13.1. The van der Waals surface area contributed by atoms with E-state index < -0.39 is 6.61 Å². The zero-order chi connectivity index (χ0) is 16.2. The third kappa shape index (κ3) is 4.42. The summed E-state index contributed by atoms with van der Waals surface area (Å²) in [7, 11) is 0. The van der Waals surface area contributed by atoms with Crippen molar-refractivity contribution < 1.29 is 13.5 Å². The van der Waals surface area contributed by atoms with Crippen LogP contribution in [0, 0.1) is 0 Å². The molecule has 1 aromatic carbocycles. The molecular weight excluding hydrogens is 342 g/mol. The zero-order valence-corrected chi connectivity index (χ0v) is 13.5. The molecule has 0 aliphatic carbocycles. The number of benzene rings is 1. The Bertz CT molecular complexity index is 754. The first kappa shape index (κ1) is 18.2. The molecule has 3 rings (SSSR count). The van der Waals surface area contributed by atoms with E-state index in [-0.39, 0.29) is 23.7 Å². The maximum Gasteiger partial charge on any atom is 0.387 e. The molecule has 0 radical (unpaired) electrons. The maximum absolute atomic E-state index is 12.2. The van der Waals surface area contributed by atoms with Gasteiger partial charge in [-0.05, 0) is 30.7 Å². The Morgan fingerprint density at radius 2 is 2.21 bits per heavy atom. The standard InChI is InChI=1S/C15H16F2N4O2.ClH/c16-14(17)23-10-3-1-2-9(6-10)7-19-15-20-12-8-18-5-4-11(12)13(22)21-15;/h1-3,6,14,18H,4-5,7-8H2,(H2,19,20,21,22);1H. The topological polar surface area (TPSA) is 79.0 Å². The number of anilines is 1. The molecule has 0 atom stereocenters. The number of rotatable bonds is 5. The lowest BCUT2D eigenvalue weighted by Gasteiger charge is -2.16. The van der Waals surface area contributed by atoms with E-state index in [1.807, 2.05) is 0 Å². The summed E-state index contributed by atoms with van der Waals surface area (Å²) in [5.41, 5.74) is 2.04. The van der Waals surface area contributed by atoms with Crippen LogP contribution < -0.4 is 20.9 Å². The number of H-pyrrole nitrogens is 1. The lowest BCUT2D eigenvalue weighted by Crippen LogP contribution is -2.31. The second kappa shape index (κ2) is 8.07. The van der Waals surface area contributed by atoms with E-state index >= 15 is 0 Å². The molecule has 1 aliphatic rings. The van der Waals surface area contributed by atoms with Crippen LogP contribution in [0.1, 0.15) is 16.8 Å². The predicted molar refractivity (Wildman–Crippen MR) is 87.9 cm³/mol. The Kier molecular flexibility index (Phi) is 6.10. The van der Waals surface area contributed by atoms with Crippen LogP contribution >= 0.6 is 12.4 Å². The molecule has 0 saturated heterocycles. The highest BCUT2D eigenvalue weighted by molar-refractivity contribution is 5.85. The first-order chi connectivity index (χ1) is 11.1. The Morgan fingerprint density at radius 1 is 1.38 bits per heavy atom. The zero-order valence-electron chi connectivity index (χ0n) is 12.6. The summed E-state index contributed by atoms with van der Waals surface area (Å²) in [5, 5.41) is 6.16. The van der Waals surface area contributed by atoms with Gasteiger partial charge in [0.1, 0.15) is 5.75 Å². The second-order valence-corrected chi connectivity index (χ2v) is 5.15. The number of nitrogens with zero attached hydrogens (tertiary/aromatic N) is 1. The molecule has 0 fully saturated rings. The average Bonchev–Trinajstić information content (AvgIpc) is 2.53. The number of aromatic nitrogens is 2. The van der Waals surface area contributed by atoms with E-state index in [1.165, 1.54) is 12.1 Å². The largest absolute Gasteiger partial charge is 0.435 e. The van der Waals surface area contributed by atoms with Gasteiger partial charge < -0.3 is 15.4 Å². The van der Waals surface area contributed by atoms with Crippen LogP contribution in [0.25, 0.3) is 0 Å². The van der Waals surface area contributed by atoms with E-state index in [0.717, 1.165) is 17.8 Å². The van der Waals surface area contributed by atoms with Gasteiger partial charge in [0.25, 0.3) is 5.56 Å². The predicted octanol–water partition coefficient (Wildman–Crippen LogP) is 2.05. The highest BCUT2D eigenvalue weighted by atomic mass is 35.5. The molecule has 0 unspecified atom stereocenters. The molecule has 0 spiro atoms. The number of alkyl halides is 2. The molecule has 3 N–H and O–H groups in total. The van der Waals surface area contributed by atoms with Crippen LogP contribution in [0.4, 0.5) is 14.7 Å². The molecule has 130 valence electrons. The fourth-order valence-electron chi connectivity index (χ4n) is 2.47. The summed E-state index contributed by atoms with van der Waals surface area (Å²) in [6.45, 7) is -1.20. The molecule has 9 heteroatoms. The molecule has 0 amide bonds. The molecule has 24 heavy (non-hydrogen) atoms. The summed E-state index contributed by atoms with van der Waals surface area (Å²) >= 11 is 0. The Balaban J connectivity index is 0.00000208. The van der Waals surface area contributed by atoms with Gasteiger partial charge in [-0.25, -0.2) is 4.98 Å². The van der Waals surface area contributed by atoms with Crippen molar-refractivity contribution in [2.24, 2.45) is 0 Å². The molecule has 1 aromatic heterocycles. The van der Waals surface area contributed by atoms with Crippen LogP contribution in [-0.4, -0.2) is 23.1 Å². The third-order valence-corrected chi connectivity index (χ3v) is 3.53. The van der Waals surface area contributed by atoms with Gasteiger partial charge in [0.15, 0.2) is 0 Å². The van der Waals surface area contributed by atoms with Crippen LogP contribution in [-0.2, 0) is 19.5 Å². The van der Waals surface area contributed by atoms with Gasteiger partial charge in [-0.3, -0.25) is 9.78 Å². The van der Waals surface area contributed by atoms with Gasteiger partial charge in [0.05, 0.1) is 5.69 Å². The van der Waals surface area contributed by atoms with E-state index in [2.05, 4.69) is 25.3 Å². The van der Waals surface area contributed by atoms with E-state index in [1.54, 1.807) is 12.1 Å². The highest BCUT2D eigenvalue weighted by Crippen LogP contribution is 2.16. The summed E-state index contributed by atoms with van der Waals surface area (Å²) in [4.78, 5) is 19.1. The SMILES string of the molecule is Cl.O=c1[nH]c(NCc2cccc(OC(F)F)c2)nc2c1CCNC2. The molecule has 6 nitrogen and oxygen atoms in total. The Labute approximate surface area is 143 Å². The minimum absolute atomic E-state index is 0. The van der Waals surface area contributed by atoms with E-state index in [4.69, 9.17) is 0 Å². The van der Waals surface area contributed by atoms with Crippen LogP contribution in [0.15, 0.2) is 29.1 Å². The smallest absolute Gasteiger partial charge is 0.387 e. The van der Waals surface area contributed by atoms with Crippen molar-refractivity contribution >= 4 is 18.4 Å². The number of ether oxygens (including phenoxy) is 1. The van der Waals surface area contributed by atoms with E-state index in [0.29, 0.717) is 31.0 Å². The maximum atomic E-state index is 12.2. The molecule has 0 bridgehead atoms. The van der Waals surface area contributed by atoms with Crippen molar-refractivity contribution in [2.45, 2.75) is 26.1 Å². The first-order valence-corrected chi connectivity index (χ1v) is 7.22. The number of fused-ring (bicyclic) bond motifs is 1. The molecule has 1 aliphatic heterocycles. The summed E-state index contributed by atoms with van der Waals surface area (Å²) < 4.78 is 28.8. The molecular formula is C15H17ClF2N4O2. The van der Waals surface area contributed by atoms with Gasteiger partial charge in [0, 0.05) is 18.7 Å². The number of aromatic amines is 1. The van der Waals surface area contributed by atoms with Crippen molar-refractivity contribution in [3.8, 4) is 5.75 Å². The lowest BCUT2D eigenvalue weighted by atomic mass is 10.1. The fourth-order valence-corrected chi connectivity index (χ4v) is 2.47. The van der Waals surface area contributed by atoms with Crippen molar-refractivity contribution in [1.29, 1.82) is 0 Å². The van der Waals surface area contributed by atoms with Crippen LogP contribution in [0.5, 0.6) is 5.75 Å². The monoisotopic (exact) mass is 358 g/mol. The highest BCUT2D eigenvalue weighted by Gasteiger charge is 2.15. The number of hydrogen-bond donors (Lipinski definition) is 3. The average molecular weight is 359 g/mol. The molecule has 2 aromatic rings. The number of hydrogen-bond acceptors (Lipinski definition) is 5. The van der Waals surface area contributed by atoms with Gasteiger partial charge in [0.2, 0.25) is 5.95 Å². The lowest BCUT2D eigenvalue weighted by molar-refractivity contribution is -0.0498. The van der Waals surface area contributed by atoms with Gasteiger partial charge in [-0.15, -0.1) is 12.4 Å². The van der Waals surface area contributed by atoms with Gasteiger partial charge >= 0.3 is 6.61 Å². The number of halogens is 3. The summed E-state index contributed by atoms with van der Waals surface area (Å²) in [6.07, 6.45) is 0.658. The van der Waals surface area contributed by atoms with E-state index in [9.17, 15) is 13.6 Å². The summed E-state index contributed by atoms with van der Waals surface area (Å²) in [6, 6.07) is 6.36. The van der Waals surface area contributed by atoms with Gasteiger partial charge in [-0.2, -0.15) is 8.78 Å². The summed E-state index contributed by atoms with van der Waals surface area (Å²) in [5.74, 6) is 0.452. The molecule has 0 saturated carbocycles.